The Morgan fingerprint density at radius 3 is 3.00 bits per heavy atom. The highest BCUT2D eigenvalue weighted by atomic mass is 16.5. The number of hydrogen-bond acceptors (Lipinski definition) is 6. The summed E-state index contributed by atoms with van der Waals surface area (Å²) in [5.41, 5.74) is 13.9. The van der Waals surface area contributed by atoms with E-state index in [9.17, 15) is 10.1 Å². The van der Waals surface area contributed by atoms with E-state index in [0.29, 0.717) is 17.2 Å². The maximum Gasteiger partial charge on any atom is 0.255 e. The Labute approximate surface area is 150 Å². The van der Waals surface area contributed by atoms with Crippen molar-refractivity contribution in [1.29, 1.82) is 5.26 Å². The topological polar surface area (TPSA) is 140 Å². The number of nitrogens with one attached hydrogen (secondary N) is 1. The Balaban J connectivity index is 2.08. The number of fused-ring (bicyclic) bond motifs is 1. The van der Waals surface area contributed by atoms with Crippen LogP contribution in [-0.2, 0) is 11.2 Å². The van der Waals surface area contributed by atoms with Crippen molar-refractivity contribution in [3.63, 3.8) is 0 Å². The van der Waals surface area contributed by atoms with Crippen molar-refractivity contribution in [2.75, 3.05) is 6.61 Å². The molecule has 1 aliphatic heterocycles. The molecule has 1 atom stereocenters. The lowest BCUT2D eigenvalue weighted by atomic mass is 9.83. The number of ether oxygens (including phenoxy) is 2. The number of aromatic amines is 1. The maximum absolute atomic E-state index is 10.9. The maximum atomic E-state index is 10.9. The number of carbonyl (C=O) groups excluding carboxylic acids is 1. The molecule has 0 saturated heterocycles. The van der Waals surface area contributed by atoms with Crippen LogP contribution in [0.25, 0.3) is 0 Å². The summed E-state index contributed by atoms with van der Waals surface area (Å²) < 4.78 is 10.9. The van der Waals surface area contributed by atoms with Gasteiger partial charge in [0.1, 0.15) is 17.4 Å². The van der Waals surface area contributed by atoms with Gasteiger partial charge in [-0.3, -0.25) is 9.89 Å². The summed E-state index contributed by atoms with van der Waals surface area (Å²) in [6.07, 6.45) is 1.67. The van der Waals surface area contributed by atoms with Crippen LogP contribution in [0.4, 0.5) is 0 Å². The van der Waals surface area contributed by atoms with E-state index < -0.39 is 11.8 Å². The number of nitrogens with zero attached hydrogens (tertiary/aromatic N) is 2. The number of aryl methyl sites for hydroxylation is 1. The fourth-order valence-corrected chi connectivity index (χ4v) is 3.02. The standard InChI is InChI=1S/C18H19N5O3/c1-2-4-13-16-15(12(8-19)17(21)26-18(16)23-22-13)10-5-3-6-11(7-10)25-9-14(20)24/h3,5-7,15H,2,4,9,21H2,1H3,(H2,20,24)(H,22,23)/t15-/m1/s1. The van der Waals surface area contributed by atoms with Crippen molar-refractivity contribution in [2.45, 2.75) is 25.7 Å². The molecule has 8 nitrogen and oxygen atoms in total. The molecule has 0 bridgehead atoms. The number of hydrogen-bond donors (Lipinski definition) is 3. The Kier molecular flexibility index (Phi) is 4.80. The van der Waals surface area contributed by atoms with Crippen molar-refractivity contribution in [3.8, 4) is 17.7 Å². The first-order valence-corrected chi connectivity index (χ1v) is 8.20. The molecule has 3 rings (SSSR count). The van der Waals surface area contributed by atoms with Crippen LogP contribution in [0.15, 0.2) is 35.7 Å². The van der Waals surface area contributed by atoms with Crippen LogP contribution < -0.4 is 20.9 Å². The lowest BCUT2D eigenvalue weighted by Crippen LogP contribution is -2.22. The fraction of sp³-hybridized carbons (Fsp3) is 0.278. The summed E-state index contributed by atoms with van der Waals surface area (Å²) in [5, 5.41) is 16.8. The van der Waals surface area contributed by atoms with Crippen molar-refractivity contribution >= 4 is 5.91 Å². The SMILES string of the molecule is CCCc1[nH]nc2c1[C@H](c1cccc(OCC(N)=O)c1)C(C#N)=C(N)O2. The molecule has 2 heterocycles. The third-order valence-electron chi connectivity index (χ3n) is 4.09. The molecule has 0 fully saturated rings. The van der Waals surface area contributed by atoms with Crippen molar-refractivity contribution in [3.05, 3.63) is 52.5 Å². The lowest BCUT2D eigenvalue weighted by molar-refractivity contribution is -0.119. The molecular formula is C18H19N5O3. The highest BCUT2D eigenvalue weighted by Crippen LogP contribution is 2.43. The molecule has 0 saturated carbocycles. The number of rotatable bonds is 6. The van der Waals surface area contributed by atoms with Crippen LogP contribution in [0, 0.1) is 11.3 Å². The first-order chi connectivity index (χ1) is 12.5. The Morgan fingerprint density at radius 2 is 2.31 bits per heavy atom. The molecular weight excluding hydrogens is 334 g/mol. The summed E-state index contributed by atoms with van der Waals surface area (Å²) in [7, 11) is 0. The molecule has 1 aliphatic rings. The Hall–Kier alpha value is -3.47. The zero-order valence-electron chi connectivity index (χ0n) is 14.3. The Morgan fingerprint density at radius 1 is 1.50 bits per heavy atom. The molecule has 0 spiro atoms. The van der Waals surface area contributed by atoms with Gasteiger partial charge in [0.25, 0.3) is 5.91 Å². The number of aromatic nitrogens is 2. The van der Waals surface area contributed by atoms with Crippen LogP contribution >= 0.6 is 0 Å². The summed E-state index contributed by atoms with van der Waals surface area (Å²) in [4.78, 5) is 10.9. The van der Waals surface area contributed by atoms with Crippen LogP contribution in [0.1, 0.15) is 36.1 Å². The summed E-state index contributed by atoms with van der Waals surface area (Å²) >= 11 is 0. The van der Waals surface area contributed by atoms with Crippen molar-refractivity contribution < 1.29 is 14.3 Å². The number of amides is 1. The Bertz CT molecular complexity index is 910. The molecule has 5 N–H and O–H groups in total. The van der Waals surface area contributed by atoms with E-state index in [2.05, 4.69) is 23.2 Å². The second kappa shape index (κ2) is 7.19. The first-order valence-electron chi connectivity index (χ1n) is 8.20. The van der Waals surface area contributed by atoms with Gasteiger partial charge < -0.3 is 20.9 Å². The van der Waals surface area contributed by atoms with E-state index in [1.165, 1.54) is 0 Å². The average molecular weight is 353 g/mol. The van der Waals surface area contributed by atoms with Gasteiger partial charge in [0.2, 0.25) is 11.8 Å². The quantitative estimate of drug-likeness (QED) is 0.718. The minimum absolute atomic E-state index is 0.0306. The van der Waals surface area contributed by atoms with Gasteiger partial charge in [0.15, 0.2) is 6.61 Å². The molecule has 0 unspecified atom stereocenters. The molecule has 26 heavy (non-hydrogen) atoms. The molecule has 8 heteroatoms. The molecule has 0 aliphatic carbocycles. The third kappa shape index (κ3) is 3.19. The molecule has 0 radical (unpaired) electrons. The van der Waals surface area contributed by atoms with Gasteiger partial charge >= 0.3 is 0 Å². The number of nitriles is 1. The van der Waals surface area contributed by atoms with E-state index in [4.69, 9.17) is 20.9 Å². The number of primary amides is 1. The zero-order chi connectivity index (χ0) is 18.7. The highest BCUT2D eigenvalue weighted by molar-refractivity contribution is 5.75. The highest BCUT2D eigenvalue weighted by Gasteiger charge is 2.35. The van der Waals surface area contributed by atoms with Gasteiger partial charge in [0, 0.05) is 11.3 Å². The monoisotopic (exact) mass is 353 g/mol. The van der Waals surface area contributed by atoms with E-state index in [1.54, 1.807) is 18.2 Å². The van der Waals surface area contributed by atoms with Gasteiger partial charge in [-0.2, -0.15) is 5.26 Å². The van der Waals surface area contributed by atoms with Gasteiger partial charge in [-0.25, -0.2) is 0 Å². The normalized spacial score (nSPS) is 15.8. The van der Waals surface area contributed by atoms with E-state index >= 15 is 0 Å². The van der Waals surface area contributed by atoms with Crippen LogP contribution in [0.3, 0.4) is 0 Å². The van der Waals surface area contributed by atoms with Crippen LogP contribution in [0.2, 0.25) is 0 Å². The van der Waals surface area contributed by atoms with Gasteiger partial charge in [-0.05, 0) is 24.1 Å². The predicted octanol–water partition coefficient (Wildman–Crippen LogP) is 1.44. The number of H-pyrrole nitrogens is 1. The summed E-state index contributed by atoms with van der Waals surface area (Å²) in [5.74, 6) is -0.112. The second-order valence-electron chi connectivity index (χ2n) is 5.92. The minimum atomic E-state index is -0.564. The summed E-state index contributed by atoms with van der Waals surface area (Å²) in [6, 6.07) is 9.27. The minimum Gasteiger partial charge on any atom is -0.484 e. The average Bonchev–Trinajstić information content (AvgIpc) is 3.01. The van der Waals surface area contributed by atoms with E-state index in [-0.39, 0.29) is 12.5 Å². The number of allylic oxidation sites excluding steroid dienone is 1. The predicted molar refractivity (Wildman–Crippen MR) is 93.0 cm³/mol. The first kappa shape index (κ1) is 17.4. The zero-order valence-corrected chi connectivity index (χ0v) is 14.3. The van der Waals surface area contributed by atoms with Gasteiger partial charge in [0.05, 0.1) is 5.92 Å². The lowest BCUT2D eigenvalue weighted by Gasteiger charge is -2.24. The smallest absolute Gasteiger partial charge is 0.255 e. The summed E-state index contributed by atoms with van der Waals surface area (Å²) in [6.45, 7) is 1.83. The largest absolute Gasteiger partial charge is 0.484 e. The van der Waals surface area contributed by atoms with Gasteiger partial charge in [-0.1, -0.05) is 25.5 Å². The third-order valence-corrected chi connectivity index (χ3v) is 4.09. The number of carbonyl (C=O) groups is 1. The fourth-order valence-electron chi connectivity index (χ4n) is 3.02. The van der Waals surface area contributed by atoms with E-state index in [1.807, 2.05) is 6.07 Å². The van der Waals surface area contributed by atoms with Gasteiger partial charge in [-0.15, -0.1) is 5.10 Å². The molecule has 1 amide bonds. The molecule has 2 aromatic rings. The second-order valence-corrected chi connectivity index (χ2v) is 5.92. The van der Waals surface area contributed by atoms with Crippen molar-refractivity contribution in [2.24, 2.45) is 11.5 Å². The molecule has 134 valence electrons. The van der Waals surface area contributed by atoms with Crippen LogP contribution in [-0.4, -0.2) is 22.7 Å². The molecule has 1 aromatic heterocycles. The van der Waals surface area contributed by atoms with Crippen molar-refractivity contribution in [1.82, 2.24) is 10.2 Å². The molecule has 1 aromatic carbocycles. The van der Waals surface area contributed by atoms with Crippen LogP contribution in [0.5, 0.6) is 11.6 Å². The van der Waals surface area contributed by atoms with E-state index in [0.717, 1.165) is 29.7 Å². The number of benzene rings is 1. The number of nitrogens with two attached hydrogens (primary N) is 2.